The minimum Gasteiger partial charge on any atom is -0.493 e. The first-order valence-corrected chi connectivity index (χ1v) is 11.5. The molecule has 3 rings (SSSR count). The van der Waals surface area contributed by atoms with Crippen molar-refractivity contribution in [3.05, 3.63) is 54.0 Å². The van der Waals surface area contributed by atoms with Gasteiger partial charge in [-0.25, -0.2) is 15.0 Å². The molecule has 0 unspecified atom stereocenters. The topological polar surface area (TPSA) is 105 Å². The minimum atomic E-state index is -2.15. The molecule has 3 aromatic rings. The third-order valence-electron chi connectivity index (χ3n) is 5.31. The predicted octanol–water partition coefficient (Wildman–Crippen LogP) is 2.32. The Labute approximate surface area is 224 Å². The number of hydrogen-bond donors (Lipinski definition) is 3. The molecule has 0 atom stereocenters. The van der Waals surface area contributed by atoms with Gasteiger partial charge in [0.15, 0.2) is 0 Å². The maximum absolute atomic E-state index is 8.42. The molecule has 3 heterocycles. The van der Waals surface area contributed by atoms with Crippen molar-refractivity contribution < 1.29 is 9.47 Å². The number of pyridine rings is 3. The van der Waals surface area contributed by atoms with Crippen LogP contribution in [0.15, 0.2) is 42.7 Å². The molecule has 13 heteroatoms. The Kier molecular flexibility index (Phi) is 8.66. The van der Waals surface area contributed by atoms with Crippen LogP contribution in [-0.4, -0.2) is 78.4 Å². The zero-order valence-electron chi connectivity index (χ0n) is 21.4. The fourth-order valence-electron chi connectivity index (χ4n) is 3.38. The molecule has 0 fully saturated rings. The molecule has 3 N–H and O–H groups in total. The normalized spacial score (nSPS) is 11.7. The molecule has 0 bridgehead atoms. The molecular formula is C24H25B5N6O2. The standard InChI is InChI=1S/C24H25B5N6O2/c1-13(2)34-20-18(33-12-15-7-5-9-31-21(15)36-4)11-17(35-19(20)14(3)30)16-8-6-10-32-22(16)37-24(28,29)23(25,26)27/h5-11,13,30,34H,12H2,1-4H3,(H,33,35). The Hall–Kier alpha value is -3.36. The molecule has 10 radical (unpaired) electrons. The Balaban J connectivity index is 2.14. The van der Waals surface area contributed by atoms with E-state index in [0.717, 1.165) is 5.56 Å². The fourth-order valence-corrected chi connectivity index (χ4v) is 3.38. The lowest BCUT2D eigenvalue weighted by atomic mass is 9.28. The van der Waals surface area contributed by atoms with Gasteiger partial charge in [-0.3, -0.25) is 0 Å². The number of rotatable bonds is 11. The van der Waals surface area contributed by atoms with Gasteiger partial charge in [0, 0.05) is 35.9 Å². The predicted molar refractivity (Wildman–Crippen MR) is 152 cm³/mol. The van der Waals surface area contributed by atoms with Crippen LogP contribution in [0.1, 0.15) is 32.0 Å². The Bertz CT molecular complexity index is 1270. The highest BCUT2D eigenvalue weighted by molar-refractivity contribution is 6.66. The quantitative estimate of drug-likeness (QED) is 0.284. The average molecular weight is 484 g/mol. The van der Waals surface area contributed by atoms with Crippen molar-refractivity contribution >= 4 is 56.3 Å². The number of hydrogen-bond acceptors (Lipinski definition) is 8. The summed E-state index contributed by atoms with van der Waals surface area (Å²) in [5, 5.41) is 11.0. The summed E-state index contributed by atoms with van der Waals surface area (Å²) in [6.07, 6.45) is 3.15. The molecule has 0 aliphatic carbocycles. The molecule has 0 amide bonds. The second-order valence-corrected chi connectivity index (χ2v) is 8.91. The molecule has 8 nitrogen and oxygen atoms in total. The van der Waals surface area contributed by atoms with Crippen molar-refractivity contribution in [3.8, 4) is 23.0 Å². The van der Waals surface area contributed by atoms with Crippen molar-refractivity contribution in [2.75, 3.05) is 17.7 Å². The van der Waals surface area contributed by atoms with Gasteiger partial charge in [-0.05, 0) is 45.0 Å². The van der Waals surface area contributed by atoms with E-state index in [1.807, 2.05) is 26.0 Å². The maximum atomic E-state index is 8.42. The number of nitrogens with zero attached hydrogens (tertiary/aromatic N) is 3. The van der Waals surface area contributed by atoms with Gasteiger partial charge in [0.25, 0.3) is 0 Å². The van der Waals surface area contributed by atoms with Crippen LogP contribution in [0, 0.1) is 5.41 Å². The number of nitrogens with one attached hydrogen (secondary N) is 3. The summed E-state index contributed by atoms with van der Waals surface area (Å²) >= 11 is 0. The summed E-state index contributed by atoms with van der Waals surface area (Å²) in [5.41, 5.74) is 3.74. The summed E-state index contributed by atoms with van der Waals surface area (Å²) < 4.78 is 11.0. The van der Waals surface area contributed by atoms with Crippen LogP contribution in [0.3, 0.4) is 0 Å². The number of methoxy groups -OCH3 is 1. The van der Waals surface area contributed by atoms with E-state index in [9.17, 15) is 0 Å². The van der Waals surface area contributed by atoms with E-state index < -0.39 is 10.5 Å². The SMILES string of the molecule is [B]C([B])([B])C([B])([B])Oc1ncccc1-c1cc(NCc2cccnc2OC)c(NC(C)C)c(C(C)=N)n1. The summed E-state index contributed by atoms with van der Waals surface area (Å²) in [6.45, 7) is 6.05. The highest BCUT2D eigenvalue weighted by atomic mass is 16.5. The Morgan fingerprint density at radius 3 is 2.30 bits per heavy atom. The lowest BCUT2D eigenvalue weighted by Gasteiger charge is -2.42. The van der Waals surface area contributed by atoms with Gasteiger partial charge in [-0.2, -0.15) is 0 Å². The van der Waals surface area contributed by atoms with Gasteiger partial charge in [-0.1, -0.05) is 6.07 Å². The molecule has 0 aliphatic rings. The lowest BCUT2D eigenvalue weighted by molar-refractivity contribution is 0.233. The monoisotopic (exact) mass is 484 g/mol. The van der Waals surface area contributed by atoms with Crippen LogP contribution in [0.4, 0.5) is 11.4 Å². The minimum absolute atomic E-state index is 0.0174. The molecule has 0 spiro atoms. The van der Waals surface area contributed by atoms with Crippen LogP contribution < -0.4 is 20.1 Å². The van der Waals surface area contributed by atoms with Crippen molar-refractivity contribution in [2.24, 2.45) is 0 Å². The third-order valence-corrected chi connectivity index (χ3v) is 5.31. The summed E-state index contributed by atoms with van der Waals surface area (Å²) in [6, 6.07) is 9.03. The van der Waals surface area contributed by atoms with E-state index in [2.05, 4.69) is 20.6 Å². The lowest BCUT2D eigenvalue weighted by Crippen LogP contribution is -2.51. The molecule has 0 saturated heterocycles. The molecule has 3 aromatic heterocycles. The zero-order valence-corrected chi connectivity index (χ0v) is 21.4. The van der Waals surface area contributed by atoms with Gasteiger partial charge >= 0.3 is 0 Å². The molecule has 0 aromatic carbocycles. The molecular weight excluding hydrogens is 458 g/mol. The molecule has 0 aliphatic heterocycles. The summed E-state index contributed by atoms with van der Waals surface area (Å²) in [4.78, 5) is 13.2. The summed E-state index contributed by atoms with van der Waals surface area (Å²) in [7, 11) is 30.5. The fraction of sp³-hybridized carbons (Fsp3) is 0.333. The van der Waals surface area contributed by atoms with Gasteiger partial charge in [-0.15, -0.1) is 5.11 Å². The number of anilines is 2. The van der Waals surface area contributed by atoms with Gasteiger partial charge < -0.3 is 25.5 Å². The smallest absolute Gasteiger partial charge is 0.221 e. The van der Waals surface area contributed by atoms with E-state index in [0.29, 0.717) is 40.8 Å². The van der Waals surface area contributed by atoms with Crippen LogP contribution >= 0.6 is 0 Å². The van der Waals surface area contributed by atoms with E-state index in [1.54, 1.807) is 38.4 Å². The molecule has 37 heavy (non-hydrogen) atoms. The average Bonchev–Trinajstić information content (AvgIpc) is 2.82. The van der Waals surface area contributed by atoms with Crippen LogP contribution in [-0.2, 0) is 6.54 Å². The van der Waals surface area contributed by atoms with Crippen molar-refractivity contribution in [1.29, 1.82) is 5.41 Å². The molecule has 0 saturated carbocycles. The van der Waals surface area contributed by atoms with E-state index in [1.165, 1.54) is 6.20 Å². The van der Waals surface area contributed by atoms with E-state index >= 15 is 0 Å². The molecule has 178 valence electrons. The number of ether oxygens (including phenoxy) is 2. The number of aromatic nitrogens is 3. The van der Waals surface area contributed by atoms with Crippen LogP contribution in [0.2, 0.25) is 5.11 Å². The Morgan fingerprint density at radius 2 is 1.70 bits per heavy atom. The summed E-state index contributed by atoms with van der Waals surface area (Å²) in [5.74, 6) is 0.522. The first-order valence-electron chi connectivity index (χ1n) is 11.5. The van der Waals surface area contributed by atoms with Gasteiger partial charge in [0.1, 0.15) is 21.4 Å². The maximum Gasteiger partial charge on any atom is 0.221 e. The Morgan fingerprint density at radius 1 is 1.05 bits per heavy atom. The second kappa shape index (κ2) is 11.4. The van der Waals surface area contributed by atoms with Crippen molar-refractivity contribution in [2.45, 2.75) is 43.9 Å². The first-order chi connectivity index (χ1) is 17.3. The highest BCUT2D eigenvalue weighted by Gasteiger charge is 2.33. The largest absolute Gasteiger partial charge is 0.493 e. The first kappa shape index (κ1) is 28.2. The van der Waals surface area contributed by atoms with Crippen LogP contribution in [0.25, 0.3) is 11.3 Å². The van der Waals surface area contributed by atoms with Gasteiger partial charge in [0.2, 0.25) is 11.8 Å². The van der Waals surface area contributed by atoms with Crippen molar-refractivity contribution in [3.63, 3.8) is 0 Å². The van der Waals surface area contributed by atoms with Gasteiger partial charge in [0.05, 0.1) is 59.0 Å². The third kappa shape index (κ3) is 6.70. The highest BCUT2D eigenvalue weighted by Crippen LogP contribution is 2.37. The van der Waals surface area contributed by atoms with Crippen molar-refractivity contribution in [1.82, 2.24) is 15.0 Å². The second-order valence-electron chi connectivity index (χ2n) is 8.91. The van der Waals surface area contributed by atoms with E-state index in [4.69, 9.17) is 59.1 Å². The van der Waals surface area contributed by atoms with E-state index in [-0.39, 0.29) is 17.6 Å². The van der Waals surface area contributed by atoms with Crippen LogP contribution in [0.5, 0.6) is 11.8 Å². The zero-order chi connectivity index (χ0) is 27.4.